The van der Waals surface area contributed by atoms with E-state index < -0.39 is 16.5 Å². The Morgan fingerprint density at radius 3 is 0.921 bits per heavy atom. The van der Waals surface area contributed by atoms with E-state index in [-0.39, 0.29) is 50.2 Å². The van der Waals surface area contributed by atoms with Gasteiger partial charge in [-0.1, -0.05) is 120 Å². The molecule has 0 atom stereocenters. The molecule has 0 bridgehead atoms. The molecule has 0 N–H and O–H groups in total. The zero-order chi connectivity index (χ0) is 46.3. The maximum absolute atomic E-state index is 4.94. The van der Waals surface area contributed by atoms with Gasteiger partial charge in [0.2, 0.25) is 0 Å². The van der Waals surface area contributed by atoms with Gasteiger partial charge < -0.3 is 25.3 Å². The molecule has 63 heavy (non-hydrogen) atoms. The Hall–Kier alpha value is -1.86. The van der Waals surface area contributed by atoms with Crippen LogP contribution in [0, 0.1) is 13.8 Å². The predicted octanol–water partition coefficient (Wildman–Crippen LogP) is 15.9. The molecule has 12 heteroatoms. The summed E-state index contributed by atoms with van der Waals surface area (Å²) in [7, 11) is 9.75. The van der Waals surface area contributed by atoms with Crippen molar-refractivity contribution < 1.29 is 37.5 Å². The van der Waals surface area contributed by atoms with E-state index in [2.05, 4.69) is 177 Å². The third kappa shape index (κ3) is 22.0. The minimum atomic E-state index is -0.472. The van der Waals surface area contributed by atoms with Gasteiger partial charge in [0.05, 0.1) is 22.8 Å². The van der Waals surface area contributed by atoms with Gasteiger partial charge in [-0.3, -0.25) is 19.9 Å². The average Bonchev–Trinajstić information content (AvgIpc) is 3.18. The van der Waals surface area contributed by atoms with Gasteiger partial charge in [0.25, 0.3) is 0 Å². The van der Waals surface area contributed by atoms with Gasteiger partial charge in [-0.05, 0) is 124 Å². The van der Waals surface area contributed by atoms with Crippen molar-refractivity contribution in [2.75, 3.05) is 0 Å². The quantitative estimate of drug-likeness (QED) is 0.133. The summed E-state index contributed by atoms with van der Waals surface area (Å²) in [6, 6.07) is 28.6. The monoisotopic (exact) mass is 1320 g/mol. The fourth-order valence-electron chi connectivity index (χ4n) is 5.40. The first-order chi connectivity index (χ1) is 28.2. The number of aromatic nitrogens is 4. The molecule has 0 aliphatic rings. The fraction of sp³-hybridized carbons (Fsp3) is 0.373. The maximum Gasteiger partial charge on any atom is 2.00 e. The molecule has 0 amide bonds. The van der Waals surface area contributed by atoms with Crippen molar-refractivity contribution in [1.29, 1.82) is 0 Å². The van der Waals surface area contributed by atoms with Crippen LogP contribution in [0.3, 0.4) is 0 Å². The predicted molar refractivity (Wildman–Crippen MR) is 276 cm³/mol. The summed E-state index contributed by atoms with van der Waals surface area (Å²) < 4.78 is 0. The Balaban J connectivity index is 0.000000833. The van der Waals surface area contributed by atoms with Crippen LogP contribution >= 0.6 is 44.1 Å². The molecular formula is C51H66Cl2N4Pt2S4. The van der Waals surface area contributed by atoms with Crippen molar-refractivity contribution in [2.45, 2.75) is 146 Å². The summed E-state index contributed by atoms with van der Waals surface area (Å²) in [4.78, 5) is 21.4. The molecule has 0 radical (unpaired) electrons. The van der Waals surface area contributed by atoms with E-state index in [1.54, 1.807) is 0 Å². The molecule has 0 aliphatic heterocycles. The van der Waals surface area contributed by atoms with E-state index in [1.165, 1.54) is 33.4 Å². The van der Waals surface area contributed by atoms with Crippen molar-refractivity contribution in [1.82, 2.24) is 19.9 Å². The van der Waals surface area contributed by atoms with E-state index in [9.17, 15) is 0 Å². The molecule has 0 saturated heterocycles. The van der Waals surface area contributed by atoms with Gasteiger partial charge in [-0.15, -0.1) is 25.3 Å². The topological polar surface area (TPSA) is 51.6 Å². The Kier molecular flexibility index (Phi) is 26.9. The van der Waals surface area contributed by atoms with Gasteiger partial charge in [0.1, 0.15) is 0 Å². The third-order valence-electron chi connectivity index (χ3n) is 9.26. The zero-order valence-electron chi connectivity index (χ0n) is 38.3. The zero-order valence-corrected chi connectivity index (χ0v) is 47.8. The Labute approximate surface area is 434 Å². The fourth-order valence-corrected chi connectivity index (χ4v) is 6.20. The molecule has 6 rings (SSSR count). The number of aryl methyl sites for hydroxylation is 2. The van der Waals surface area contributed by atoms with Crippen LogP contribution in [0.4, 0.5) is 0 Å². The molecule has 0 fully saturated rings. The number of hydrogen-bond acceptors (Lipinski definition) is 8. The Morgan fingerprint density at radius 2 is 0.698 bits per heavy atom. The van der Waals surface area contributed by atoms with Crippen LogP contribution in [0.15, 0.2) is 129 Å². The van der Waals surface area contributed by atoms with Crippen LogP contribution < -0.4 is 0 Å². The van der Waals surface area contributed by atoms with Crippen LogP contribution in [0.5, 0.6) is 0 Å². The summed E-state index contributed by atoms with van der Waals surface area (Å²) in [6.07, 6.45) is 7.51. The number of rotatable bonds is 2. The van der Waals surface area contributed by atoms with Crippen LogP contribution in [0.1, 0.15) is 124 Å². The number of thiol groups is 2. The van der Waals surface area contributed by atoms with Gasteiger partial charge in [-0.25, -0.2) is 0 Å². The first-order valence-corrected chi connectivity index (χ1v) is 27.1. The van der Waals surface area contributed by atoms with Gasteiger partial charge in [0.15, 0.2) is 0 Å². The Bertz CT molecular complexity index is 2030. The van der Waals surface area contributed by atoms with Crippen molar-refractivity contribution in [3.63, 3.8) is 0 Å². The van der Waals surface area contributed by atoms with Crippen molar-refractivity contribution in [3.8, 4) is 22.8 Å². The SMILES string of the molecule is C.CC(C)(C)c1ccnc(-c2cc(C(C)(C)C)ccn2)c1.CC(C)(C)c1ccnc(-c2cc(C(C)(C)C)ccn2)c1.Cc1ccc(S)c(S)c1.Cc1ccc([S-])c([S-])c1.[Cl][Pt][Cl].[Pt+2]. The number of nitrogens with zero attached hydrogens (tertiary/aromatic N) is 4. The molecule has 0 spiro atoms. The summed E-state index contributed by atoms with van der Waals surface area (Å²) >= 11 is 17.7. The summed E-state index contributed by atoms with van der Waals surface area (Å²) in [5.41, 5.74) is 11.8. The van der Waals surface area contributed by atoms with E-state index in [0.29, 0.717) is 0 Å². The first kappa shape index (κ1) is 61.1. The summed E-state index contributed by atoms with van der Waals surface area (Å²) in [5.74, 6) is 0. The largest absolute Gasteiger partial charge is 2.00 e. The number of halogens is 2. The molecule has 4 heterocycles. The van der Waals surface area contributed by atoms with E-state index in [1.807, 2.05) is 75.0 Å². The van der Waals surface area contributed by atoms with E-state index in [4.69, 9.17) is 44.1 Å². The van der Waals surface area contributed by atoms with Crippen molar-refractivity contribution in [3.05, 3.63) is 143 Å². The summed E-state index contributed by atoms with van der Waals surface area (Å²) in [5, 5.41) is 0. The van der Waals surface area contributed by atoms with Crippen molar-refractivity contribution in [2.24, 2.45) is 0 Å². The first-order valence-electron chi connectivity index (χ1n) is 19.8. The molecular weight excluding hydrogens is 1260 g/mol. The maximum atomic E-state index is 4.94. The third-order valence-corrected chi connectivity index (χ3v) is 11.0. The molecule has 348 valence electrons. The standard InChI is InChI=1S/2C18H24N2.2C7H8S2.CH4.2ClH.2Pt/c2*1-17(2,3)13-7-9-19-15(11-13)16-12-14(8-10-20-16)18(4,5)6;2*1-5-2-3-6(8)7(9)4-5;;;;;/h2*7-12H,1-6H3;2*2-4,8-9H,1H3;1H4;2*1H;;/q;;;;;;;2*+2/p-4. The van der Waals surface area contributed by atoms with Gasteiger partial charge in [0, 0.05) is 34.6 Å². The van der Waals surface area contributed by atoms with Crippen LogP contribution in [0.2, 0.25) is 0 Å². The minimum absolute atomic E-state index is 0. The van der Waals surface area contributed by atoms with E-state index in [0.717, 1.165) is 42.4 Å². The van der Waals surface area contributed by atoms with Crippen molar-refractivity contribution >= 4 is 69.4 Å². The molecule has 4 nitrogen and oxygen atoms in total. The van der Waals surface area contributed by atoms with Crippen LogP contribution in [-0.4, -0.2) is 19.9 Å². The Morgan fingerprint density at radius 1 is 0.429 bits per heavy atom. The van der Waals surface area contributed by atoms with Gasteiger partial charge in [-0.2, -0.15) is 9.79 Å². The average molecular weight is 1320 g/mol. The van der Waals surface area contributed by atoms with Gasteiger partial charge >= 0.3 is 56.4 Å². The molecule has 0 unspecified atom stereocenters. The number of hydrogen-bond donors (Lipinski definition) is 2. The second-order valence-corrected chi connectivity index (χ2v) is 23.8. The molecule has 4 aromatic heterocycles. The second-order valence-electron chi connectivity index (χ2n) is 18.7. The minimum Gasteiger partial charge on any atom is 2.00 e. The van der Waals surface area contributed by atoms with Crippen LogP contribution in [0.25, 0.3) is 22.8 Å². The molecule has 0 saturated carbocycles. The molecule has 6 aromatic rings. The number of benzene rings is 2. The van der Waals surface area contributed by atoms with Crippen LogP contribution in [-0.2, 0) is 84.5 Å². The summed E-state index contributed by atoms with van der Waals surface area (Å²) in [6.45, 7) is 30.6. The second kappa shape index (κ2) is 27.7. The number of pyridine rings is 4. The smallest absolute Gasteiger partial charge is 2.00 e. The van der Waals surface area contributed by atoms with E-state index >= 15 is 0 Å². The normalized spacial score (nSPS) is 11.0. The molecule has 0 aliphatic carbocycles. The molecule has 2 aromatic carbocycles.